The van der Waals surface area contributed by atoms with Gasteiger partial charge in [-0.2, -0.15) is 0 Å². The van der Waals surface area contributed by atoms with Gasteiger partial charge in [-0.15, -0.1) is 0 Å². The molecule has 2 heterocycles. The van der Waals surface area contributed by atoms with Crippen molar-refractivity contribution < 1.29 is 0 Å². The molecular formula is C89H62N2. The van der Waals surface area contributed by atoms with Gasteiger partial charge < -0.3 is 9.80 Å². The minimum atomic E-state index is -0.612. The molecule has 2 aliphatic carbocycles. The van der Waals surface area contributed by atoms with Crippen LogP contribution in [0.4, 0.5) is 34.1 Å². The van der Waals surface area contributed by atoms with Gasteiger partial charge in [0.2, 0.25) is 0 Å². The first-order valence-electron chi connectivity index (χ1n) is 32.2. The molecule has 15 aromatic rings. The topological polar surface area (TPSA) is 6.48 Å². The minimum Gasteiger partial charge on any atom is -0.310 e. The Balaban J connectivity index is 0.946. The Morgan fingerprint density at radius 3 is 1.09 bits per heavy atom. The first-order valence-corrected chi connectivity index (χ1v) is 32.2. The maximum Gasteiger partial charge on any atom is 0.0731 e. The van der Waals surface area contributed by atoms with Crippen molar-refractivity contribution >= 4 is 77.2 Å². The molecule has 0 fully saturated rings. The Hall–Kier alpha value is -11.1. The van der Waals surface area contributed by atoms with Gasteiger partial charge in [0.05, 0.1) is 28.2 Å². The van der Waals surface area contributed by atoms with Crippen LogP contribution in [0, 0.1) is 0 Å². The SMILES string of the molecule is CC1(C)c2ccccc2N(c2ccccc2)c2cccc(-c3cccc4c(-c5cccc6c5-c5ccccc5C65c6ccccc6-c6c5c5ccccc5c5ccccc65)c5cccc(-c6cccc7c6C(C)(C)c6ccccc6N7c6ccccc6)c5cc34)c21. The summed E-state index contributed by atoms with van der Waals surface area (Å²) in [5.41, 5.74) is 29.0. The summed E-state index contributed by atoms with van der Waals surface area (Å²) < 4.78 is 0. The van der Waals surface area contributed by atoms with Crippen LogP contribution in [0.1, 0.15) is 72.2 Å². The standard InChI is InChI=1S/C89H62N2/c1-87(2)74-47-19-21-50-77(74)90(55-28-7-5-8-29-55)79-52-26-42-64(84(79)87)59-38-23-40-62-70(59)54-71-60(65-43-27-53-80-85(65)88(3,4)75-48-20-22-51-78(75)91(80)56-30-9-6-10-31-56)39-24-41-63(71)81(62)69-44-25-49-76-82(69)67-36-15-17-45-72(67)89(76)73-46-18-16-37-68(73)83-61-34-13-11-32-57(61)58-33-12-14-35-66(58)86(83)89/h5-54H,1-4H3. The molecule has 0 bridgehead atoms. The van der Waals surface area contributed by atoms with E-state index in [4.69, 9.17) is 0 Å². The van der Waals surface area contributed by atoms with Gasteiger partial charge in [-0.05, 0) is 198 Å². The summed E-state index contributed by atoms with van der Waals surface area (Å²) in [5.74, 6) is 0. The van der Waals surface area contributed by atoms with Crippen LogP contribution in [0.3, 0.4) is 0 Å². The lowest BCUT2D eigenvalue weighted by atomic mass is 9.69. The molecule has 15 aromatic carbocycles. The van der Waals surface area contributed by atoms with Crippen molar-refractivity contribution in [3.8, 4) is 55.6 Å². The van der Waals surface area contributed by atoms with E-state index in [-0.39, 0.29) is 10.8 Å². The maximum absolute atomic E-state index is 2.58. The van der Waals surface area contributed by atoms with Crippen molar-refractivity contribution in [3.05, 3.63) is 348 Å². The summed E-state index contributed by atoms with van der Waals surface area (Å²) in [5, 5.41) is 10.1. The first kappa shape index (κ1) is 51.9. The minimum absolute atomic E-state index is 0.363. The predicted octanol–water partition coefficient (Wildman–Crippen LogP) is 23.9. The van der Waals surface area contributed by atoms with E-state index in [0.29, 0.717) is 0 Å². The first-order chi connectivity index (χ1) is 44.7. The van der Waals surface area contributed by atoms with Crippen LogP contribution >= 0.6 is 0 Å². The van der Waals surface area contributed by atoms with E-state index in [1.807, 2.05) is 0 Å². The van der Waals surface area contributed by atoms with E-state index < -0.39 is 5.41 Å². The fourth-order valence-corrected chi connectivity index (χ4v) is 17.8. The highest BCUT2D eigenvalue weighted by Gasteiger charge is 2.54. The Morgan fingerprint density at radius 1 is 0.209 bits per heavy atom. The van der Waals surface area contributed by atoms with Gasteiger partial charge >= 0.3 is 0 Å². The molecule has 0 saturated carbocycles. The zero-order valence-electron chi connectivity index (χ0n) is 51.3. The number of fused-ring (bicyclic) bond motifs is 21. The molecule has 0 radical (unpaired) electrons. The van der Waals surface area contributed by atoms with E-state index in [1.165, 1.54) is 166 Å². The average Bonchev–Trinajstić information content (AvgIpc) is 1.50. The zero-order valence-corrected chi connectivity index (χ0v) is 51.3. The van der Waals surface area contributed by atoms with Gasteiger partial charge in [0.15, 0.2) is 0 Å². The van der Waals surface area contributed by atoms with E-state index in [2.05, 4.69) is 341 Å². The number of nitrogens with zero attached hydrogens (tertiary/aromatic N) is 2. The van der Waals surface area contributed by atoms with Gasteiger partial charge in [-0.25, -0.2) is 0 Å². The van der Waals surface area contributed by atoms with Crippen molar-refractivity contribution in [1.29, 1.82) is 0 Å². The van der Waals surface area contributed by atoms with E-state index in [0.717, 1.165) is 11.4 Å². The molecule has 1 atom stereocenters. The van der Waals surface area contributed by atoms with Crippen LogP contribution in [0.15, 0.2) is 303 Å². The molecule has 428 valence electrons. The molecule has 2 nitrogen and oxygen atoms in total. The largest absolute Gasteiger partial charge is 0.310 e. The molecule has 0 aromatic heterocycles. The fourth-order valence-electron chi connectivity index (χ4n) is 17.8. The summed E-state index contributed by atoms with van der Waals surface area (Å²) >= 11 is 0. The lowest BCUT2D eigenvalue weighted by Gasteiger charge is -2.43. The number of rotatable bonds is 5. The molecule has 1 spiro atoms. The summed E-state index contributed by atoms with van der Waals surface area (Å²) in [7, 11) is 0. The van der Waals surface area contributed by atoms with E-state index >= 15 is 0 Å². The third-order valence-electron chi connectivity index (χ3n) is 21.3. The number of hydrogen-bond acceptors (Lipinski definition) is 2. The van der Waals surface area contributed by atoms with Crippen LogP contribution in [0.2, 0.25) is 0 Å². The van der Waals surface area contributed by atoms with E-state index in [9.17, 15) is 0 Å². The van der Waals surface area contributed by atoms with Gasteiger partial charge in [0.25, 0.3) is 0 Å². The molecule has 2 aliphatic heterocycles. The molecule has 91 heavy (non-hydrogen) atoms. The molecule has 0 N–H and O–H groups in total. The van der Waals surface area contributed by atoms with Crippen LogP contribution < -0.4 is 9.80 Å². The number of para-hydroxylation sites is 4. The lowest BCUT2D eigenvalue weighted by Crippen LogP contribution is -2.31. The number of hydrogen-bond donors (Lipinski definition) is 0. The van der Waals surface area contributed by atoms with Crippen molar-refractivity contribution in [2.75, 3.05) is 9.80 Å². The van der Waals surface area contributed by atoms with Crippen molar-refractivity contribution in [3.63, 3.8) is 0 Å². The Kier molecular flexibility index (Phi) is 10.8. The molecular weight excluding hydrogens is 1100 g/mol. The van der Waals surface area contributed by atoms with Crippen LogP contribution in [-0.4, -0.2) is 0 Å². The molecule has 2 heteroatoms. The zero-order chi connectivity index (χ0) is 60.5. The predicted molar refractivity (Wildman–Crippen MR) is 383 cm³/mol. The van der Waals surface area contributed by atoms with Gasteiger partial charge in [-0.3, -0.25) is 0 Å². The molecule has 4 aliphatic rings. The summed E-state index contributed by atoms with van der Waals surface area (Å²) in [6.45, 7) is 9.74. The fraction of sp³-hybridized carbons (Fsp3) is 0.0787. The third kappa shape index (κ3) is 6.86. The van der Waals surface area contributed by atoms with Crippen LogP contribution in [-0.2, 0) is 16.2 Å². The Labute approximate surface area is 531 Å². The van der Waals surface area contributed by atoms with Gasteiger partial charge in [0.1, 0.15) is 0 Å². The summed E-state index contributed by atoms with van der Waals surface area (Å²) in [4.78, 5) is 4.99. The second kappa shape index (κ2) is 19.0. The third-order valence-corrected chi connectivity index (χ3v) is 21.3. The number of anilines is 6. The molecule has 1 unspecified atom stereocenters. The van der Waals surface area contributed by atoms with Crippen molar-refractivity contribution in [1.82, 2.24) is 0 Å². The van der Waals surface area contributed by atoms with Gasteiger partial charge in [0, 0.05) is 22.2 Å². The monoisotopic (exact) mass is 1160 g/mol. The number of benzene rings is 15. The Bertz CT molecular complexity index is 5410. The maximum atomic E-state index is 2.58. The molecule has 0 amide bonds. The smallest absolute Gasteiger partial charge is 0.0731 e. The summed E-state index contributed by atoms with van der Waals surface area (Å²) in [6.07, 6.45) is 0. The van der Waals surface area contributed by atoms with Crippen molar-refractivity contribution in [2.24, 2.45) is 0 Å². The second-order valence-electron chi connectivity index (χ2n) is 26.5. The molecule has 0 saturated heterocycles. The highest BCUT2D eigenvalue weighted by atomic mass is 15.2. The van der Waals surface area contributed by atoms with E-state index in [1.54, 1.807) is 0 Å². The quantitative estimate of drug-likeness (QED) is 0.125. The lowest BCUT2D eigenvalue weighted by molar-refractivity contribution is 0.633. The summed E-state index contributed by atoms with van der Waals surface area (Å²) in [6, 6.07) is 115. The van der Waals surface area contributed by atoms with Crippen LogP contribution in [0.5, 0.6) is 0 Å². The normalized spacial score (nSPS) is 15.9. The van der Waals surface area contributed by atoms with Crippen LogP contribution in [0.25, 0.3) is 98.7 Å². The second-order valence-corrected chi connectivity index (χ2v) is 26.5. The van der Waals surface area contributed by atoms with Crippen molar-refractivity contribution in [2.45, 2.75) is 43.9 Å². The highest BCUT2D eigenvalue weighted by Crippen LogP contribution is 2.67. The molecule has 19 rings (SSSR count). The Morgan fingerprint density at radius 2 is 0.549 bits per heavy atom. The van der Waals surface area contributed by atoms with Gasteiger partial charge in [-0.1, -0.05) is 276 Å². The highest BCUT2D eigenvalue weighted by molar-refractivity contribution is 6.24. The average molecular weight is 1160 g/mol.